The Labute approximate surface area is 171 Å². The minimum atomic E-state index is -0.196. The molecular weight excluding hydrogens is 362 g/mol. The molecular formula is C24H25N3O2. The summed E-state index contributed by atoms with van der Waals surface area (Å²) in [5, 5.41) is 2.97. The first-order valence-corrected chi connectivity index (χ1v) is 10.1. The average Bonchev–Trinajstić information content (AvgIpc) is 3.06. The van der Waals surface area contributed by atoms with E-state index >= 15 is 0 Å². The van der Waals surface area contributed by atoms with E-state index in [-0.39, 0.29) is 5.91 Å². The number of hydrogen-bond donors (Lipinski definition) is 1. The first-order valence-electron chi connectivity index (χ1n) is 10.1. The number of rotatable bonds is 5. The third kappa shape index (κ3) is 4.93. The lowest BCUT2D eigenvalue weighted by molar-refractivity contribution is 0.102. The molecule has 0 saturated carbocycles. The maximum Gasteiger partial charge on any atom is 0.257 e. The van der Waals surface area contributed by atoms with Crippen LogP contribution in [0.25, 0.3) is 0 Å². The molecule has 0 radical (unpaired) electrons. The fourth-order valence-corrected chi connectivity index (χ4v) is 3.52. The van der Waals surface area contributed by atoms with E-state index in [0.717, 1.165) is 24.5 Å². The third-order valence-corrected chi connectivity index (χ3v) is 5.06. The average molecular weight is 387 g/mol. The van der Waals surface area contributed by atoms with Crippen molar-refractivity contribution < 1.29 is 9.53 Å². The molecule has 0 spiro atoms. The van der Waals surface area contributed by atoms with Crippen LogP contribution >= 0.6 is 0 Å². The van der Waals surface area contributed by atoms with Gasteiger partial charge in [0.15, 0.2) is 5.75 Å². The largest absolute Gasteiger partial charge is 0.455 e. The van der Waals surface area contributed by atoms with Gasteiger partial charge in [-0.05, 0) is 43.2 Å². The molecule has 2 aromatic carbocycles. The number of carbonyl (C=O) groups is 1. The number of nitrogens with one attached hydrogen (secondary N) is 1. The van der Waals surface area contributed by atoms with Crippen LogP contribution in [-0.4, -0.2) is 24.0 Å². The molecule has 4 rings (SSSR count). The van der Waals surface area contributed by atoms with Crippen molar-refractivity contribution in [2.75, 3.05) is 23.3 Å². The Morgan fingerprint density at radius 2 is 1.62 bits per heavy atom. The fraction of sp³-hybridized carbons (Fsp3) is 0.250. The van der Waals surface area contributed by atoms with Crippen LogP contribution in [0.15, 0.2) is 73.1 Å². The molecule has 148 valence electrons. The summed E-state index contributed by atoms with van der Waals surface area (Å²) in [5.41, 5.74) is 2.18. The second-order valence-electron chi connectivity index (χ2n) is 7.20. The predicted molar refractivity (Wildman–Crippen MR) is 116 cm³/mol. The van der Waals surface area contributed by atoms with E-state index in [0.29, 0.717) is 17.0 Å². The molecule has 1 aromatic heterocycles. The minimum absolute atomic E-state index is 0.196. The van der Waals surface area contributed by atoms with Crippen molar-refractivity contribution in [2.45, 2.75) is 25.7 Å². The van der Waals surface area contributed by atoms with Gasteiger partial charge in [-0.3, -0.25) is 9.78 Å². The summed E-state index contributed by atoms with van der Waals surface area (Å²) in [6, 6.07) is 18.9. The summed E-state index contributed by atoms with van der Waals surface area (Å²) < 4.78 is 5.94. The summed E-state index contributed by atoms with van der Waals surface area (Å²) in [6.07, 6.45) is 8.34. The lowest BCUT2D eigenvalue weighted by Gasteiger charge is -2.22. The molecule has 5 heteroatoms. The van der Waals surface area contributed by atoms with Crippen LogP contribution in [0.1, 0.15) is 36.0 Å². The molecule has 2 heterocycles. The van der Waals surface area contributed by atoms with Gasteiger partial charge in [-0.2, -0.15) is 0 Å². The number of nitrogens with zero attached hydrogens (tertiary/aromatic N) is 2. The maximum absolute atomic E-state index is 12.9. The summed E-state index contributed by atoms with van der Waals surface area (Å²) in [7, 11) is 0. The van der Waals surface area contributed by atoms with E-state index in [1.165, 1.54) is 25.7 Å². The molecule has 0 aliphatic carbocycles. The van der Waals surface area contributed by atoms with Gasteiger partial charge in [-0.1, -0.05) is 43.2 Å². The van der Waals surface area contributed by atoms with Gasteiger partial charge in [0.2, 0.25) is 0 Å². The summed E-state index contributed by atoms with van der Waals surface area (Å²) in [5.74, 6) is 1.13. The predicted octanol–water partition coefficient (Wildman–Crippen LogP) is 5.51. The number of aromatic nitrogens is 1. The number of pyridine rings is 1. The molecule has 1 fully saturated rings. The Morgan fingerprint density at radius 1 is 0.897 bits per heavy atom. The summed E-state index contributed by atoms with van der Waals surface area (Å²) >= 11 is 0. The highest BCUT2D eigenvalue weighted by molar-refractivity contribution is 6.05. The molecule has 0 unspecified atom stereocenters. The van der Waals surface area contributed by atoms with Crippen LogP contribution in [0.5, 0.6) is 11.5 Å². The van der Waals surface area contributed by atoms with Crippen molar-refractivity contribution in [2.24, 2.45) is 0 Å². The normalized spacial score (nSPS) is 14.1. The van der Waals surface area contributed by atoms with Gasteiger partial charge in [0.25, 0.3) is 5.91 Å². The van der Waals surface area contributed by atoms with Crippen LogP contribution in [-0.2, 0) is 0 Å². The highest BCUT2D eigenvalue weighted by Gasteiger charge is 2.15. The zero-order valence-electron chi connectivity index (χ0n) is 16.4. The third-order valence-electron chi connectivity index (χ3n) is 5.06. The van der Waals surface area contributed by atoms with Crippen LogP contribution in [0.4, 0.5) is 11.4 Å². The van der Waals surface area contributed by atoms with Gasteiger partial charge in [0, 0.05) is 19.3 Å². The zero-order valence-corrected chi connectivity index (χ0v) is 16.4. The number of ether oxygens (including phenoxy) is 1. The number of carbonyl (C=O) groups excluding carboxylic acids is 1. The minimum Gasteiger partial charge on any atom is -0.455 e. The highest BCUT2D eigenvalue weighted by Crippen LogP contribution is 2.29. The Bertz CT molecular complexity index is 951. The SMILES string of the molecule is O=C(Nc1ccccc1Oc1ccccc1)c1cncc(N2CCCCCC2)c1. The molecule has 1 saturated heterocycles. The molecule has 5 nitrogen and oxygen atoms in total. The standard InChI is InChI=1S/C24H25N3O2/c28-24(19-16-20(18-25-17-19)27-14-8-1-2-9-15-27)26-22-12-6-7-13-23(22)29-21-10-4-3-5-11-21/h3-7,10-13,16-18H,1-2,8-9,14-15H2,(H,26,28). The van der Waals surface area contributed by atoms with E-state index < -0.39 is 0 Å². The van der Waals surface area contributed by atoms with Crippen LogP contribution in [0.2, 0.25) is 0 Å². The molecule has 1 aliphatic rings. The van der Waals surface area contributed by atoms with Gasteiger partial charge in [-0.15, -0.1) is 0 Å². The Kier molecular flexibility index (Phi) is 6.05. The monoisotopic (exact) mass is 387 g/mol. The fourth-order valence-electron chi connectivity index (χ4n) is 3.52. The number of benzene rings is 2. The van der Waals surface area contributed by atoms with Crippen molar-refractivity contribution in [1.29, 1.82) is 0 Å². The van der Waals surface area contributed by atoms with Gasteiger partial charge >= 0.3 is 0 Å². The van der Waals surface area contributed by atoms with Gasteiger partial charge in [0.1, 0.15) is 5.75 Å². The number of para-hydroxylation sites is 3. The Balaban J connectivity index is 1.50. The summed E-state index contributed by atoms with van der Waals surface area (Å²) in [4.78, 5) is 19.5. The van der Waals surface area contributed by atoms with Crippen LogP contribution in [0, 0.1) is 0 Å². The van der Waals surface area contributed by atoms with E-state index in [4.69, 9.17) is 4.74 Å². The van der Waals surface area contributed by atoms with Gasteiger partial charge in [0.05, 0.1) is 23.1 Å². The summed E-state index contributed by atoms with van der Waals surface area (Å²) in [6.45, 7) is 2.03. The van der Waals surface area contributed by atoms with Crippen molar-refractivity contribution >= 4 is 17.3 Å². The molecule has 3 aromatic rings. The van der Waals surface area contributed by atoms with Crippen LogP contribution in [0.3, 0.4) is 0 Å². The van der Waals surface area contributed by atoms with E-state index in [1.807, 2.05) is 66.9 Å². The Hall–Kier alpha value is -3.34. The molecule has 1 amide bonds. The molecule has 1 N–H and O–H groups in total. The number of anilines is 2. The molecule has 29 heavy (non-hydrogen) atoms. The quantitative estimate of drug-likeness (QED) is 0.627. The number of amides is 1. The van der Waals surface area contributed by atoms with E-state index in [9.17, 15) is 4.79 Å². The molecule has 0 bridgehead atoms. The van der Waals surface area contributed by atoms with Gasteiger partial charge in [-0.25, -0.2) is 0 Å². The highest BCUT2D eigenvalue weighted by atomic mass is 16.5. The topological polar surface area (TPSA) is 54.5 Å². The lowest BCUT2D eigenvalue weighted by Crippen LogP contribution is -2.24. The smallest absolute Gasteiger partial charge is 0.257 e. The van der Waals surface area contributed by atoms with E-state index in [2.05, 4.69) is 15.2 Å². The van der Waals surface area contributed by atoms with Crippen molar-refractivity contribution in [3.05, 3.63) is 78.6 Å². The van der Waals surface area contributed by atoms with Crippen molar-refractivity contribution in [3.8, 4) is 11.5 Å². The first-order chi connectivity index (χ1) is 14.3. The van der Waals surface area contributed by atoms with E-state index in [1.54, 1.807) is 6.20 Å². The Morgan fingerprint density at radius 3 is 2.41 bits per heavy atom. The molecule has 0 atom stereocenters. The van der Waals surface area contributed by atoms with Crippen molar-refractivity contribution in [1.82, 2.24) is 4.98 Å². The van der Waals surface area contributed by atoms with Crippen molar-refractivity contribution in [3.63, 3.8) is 0 Å². The maximum atomic E-state index is 12.9. The number of hydrogen-bond acceptors (Lipinski definition) is 4. The second-order valence-corrected chi connectivity index (χ2v) is 7.20. The first kappa shape index (κ1) is 19.0. The zero-order chi connectivity index (χ0) is 19.9. The van der Waals surface area contributed by atoms with Crippen LogP contribution < -0.4 is 15.0 Å². The van der Waals surface area contributed by atoms with Gasteiger partial charge < -0.3 is 15.0 Å². The second kappa shape index (κ2) is 9.24. The molecule has 1 aliphatic heterocycles. The lowest BCUT2D eigenvalue weighted by atomic mass is 10.2.